The zero-order valence-electron chi connectivity index (χ0n) is 10.4. The summed E-state index contributed by atoms with van der Waals surface area (Å²) >= 11 is 0. The third-order valence-electron chi connectivity index (χ3n) is 3.99. The molecule has 1 atom stereocenters. The van der Waals surface area contributed by atoms with Gasteiger partial charge in [-0.3, -0.25) is 4.79 Å². The smallest absolute Gasteiger partial charge is 0.237 e. The van der Waals surface area contributed by atoms with E-state index >= 15 is 0 Å². The third kappa shape index (κ3) is 2.97. The Morgan fingerprint density at radius 3 is 2.12 bits per heavy atom. The second-order valence-electron chi connectivity index (χ2n) is 5.85. The molecule has 0 saturated heterocycles. The predicted molar refractivity (Wildman–Crippen MR) is 64.8 cm³/mol. The molecule has 0 heterocycles. The van der Waals surface area contributed by atoms with Gasteiger partial charge in [0.1, 0.15) is 0 Å². The van der Waals surface area contributed by atoms with Crippen LogP contribution in [-0.4, -0.2) is 18.5 Å². The van der Waals surface area contributed by atoms with Crippen molar-refractivity contribution >= 4 is 5.91 Å². The molecule has 0 radical (unpaired) electrons. The van der Waals surface area contributed by atoms with Crippen molar-refractivity contribution in [3.05, 3.63) is 0 Å². The Bertz CT molecular complexity index is 245. The fourth-order valence-electron chi connectivity index (χ4n) is 2.41. The Kier molecular flexibility index (Phi) is 3.53. The summed E-state index contributed by atoms with van der Waals surface area (Å²) in [7, 11) is 0. The molecular formula is C13H24N2O. The van der Waals surface area contributed by atoms with Crippen LogP contribution in [0.5, 0.6) is 0 Å². The highest BCUT2D eigenvalue weighted by atomic mass is 16.2. The second kappa shape index (κ2) is 4.74. The molecule has 1 amide bonds. The first-order valence-electron chi connectivity index (χ1n) is 6.63. The fraction of sp³-hybridized carbons (Fsp3) is 0.923. The summed E-state index contributed by atoms with van der Waals surface area (Å²) in [6.07, 6.45) is 5.47. The van der Waals surface area contributed by atoms with E-state index in [1.165, 1.54) is 25.7 Å². The summed E-state index contributed by atoms with van der Waals surface area (Å²) in [5.41, 5.74) is 5.82. The van der Waals surface area contributed by atoms with E-state index < -0.39 is 0 Å². The van der Waals surface area contributed by atoms with Crippen molar-refractivity contribution in [3.8, 4) is 0 Å². The van der Waals surface area contributed by atoms with Crippen LogP contribution in [0.4, 0.5) is 0 Å². The average Bonchev–Trinajstić information content (AvgIpc) is 3.09. The van der Waals surface area contributed by atoms with Crippen molar-refractivity contribution in [2.24, 2.45) is 29.4 Å². The van der Waals surface area contributed by atoms with Gasteiger partial charge >= 0.3 is 0 Å². The highest BCUT2D eigenvalue weighted by molar-refractivity contribution is 5.81. The van der Waals surface area contributed by atoms with Crippen LogP contribution < -0.4 is 11.1 Å². The van der Waals surface area contributed by atoms with E-state index in [1.54, 1.807) is 0 Å². The topological polar surface area (TPSA) is 55.1 Å². The number of rotatable bonds is 6. The van der Waals surface area contributed by atoms with E-state index in [4.69, 9.17) is 5.73 Å². The molecule has 0 aromatic carbocycles. The maximum Gasteiger partial charge on any atom is 0.237 e. The number of amides is 1. The van der Waals surface area contributed by atoms with E-state index in [0.29, 0.717) is 0 Å². The largest absolute Gasteiger partial charge is 0.354 e. The lowest BCUT2D eigenvalue weighted by molar-refractivity contribution is -0.123. The number of nitrogens with two attached hydrogens (primary N) is 1. The van der Waals surface area contributed by atoms with Crippen LogP contribution in [0.25, 0.3) is 0 Å². The van der Waals surface area contributed by atoms with Gasteiger partial charge in [0.25, 0.3) is 0 Å². The van der Waals surface area contributed by atoms with Crippen LogP contribution in [-0.2, 0) is 4.79 Å². The summed E-state index contributed by atoms with van der Waals surface area (Å²) in [5.74, 6) is 2.77. The van der Waals surface area contributed by atoms with Crippen molar-refractivity contribution < 1.29 is 4.79 Å². The molecule has 3 N–H and O–H groups in total. The van der Waals surface area contributed by atoms with Gasteiger partial charge in [-0.2, -0.15) is 0 Å². The Balaban J connectivity index is 1.74. The molecule has 3 nitrogen and oxygen atoms in total. The minimum absolute atomic E-state index is 0.0290. The SMILES string of the molecule is CC(C)C(N)C(=O)NCC(C1CC1)C1CC1. The Morgan fingerprint density at radius 1 is 1.25 bits per heavy atom. The highest BCUT2D eigenvalue weighted by Gasteiger charge is 2.41. The summed E-state index contributed by atoms with van der Waals surface area (Å²) < 4.78 is 0. The van der Waals surface area contributed by atoms with Gasteiger partial charge in [-0.1, -0.05) is 13.8 Å². The number of nitrogens with one attached hydrogen (secondary N) is 1. The van der Waals surface area contributed by atoms with Crippen molar-refractivity contribution in [1.29, 1.82) is 0 Å². The van der Waals surface area contributed by atoms with E-state index in [0.717, 1.165) is 24.3 Å². The van der Waals surface area contributed by atoms with Gasteiger partial charge in [-0.25, -0.2) is 0 Å². The van der Waals surface area contributed by atoms with Crippen molar-refractivity contribution in [2.45, 2.75) is 45.6 Å². The quantitative estimate of drug-likeness (QED) is 0.718. The number of hydrogen-bond donors (Lipinski definition) is 2. The molecule has 0 spiro atoms. The first-order chi connectivity index (χ1) is 7.59. The molecule has 1 unspecified atom stereocenters. The maximum atomic E-state index is 11.7. The lowest BCUT2D eigenvalue weighted by Gasteiger charge is -2.20. The number of hydrogen-bond acceptors (Lipinski definition) is 2. The molecule has 2 fully saturated rings. The molecule has 92 valence electrons. The van der Waals surface area contributed by atoms with Gasteiger partial charge in [-0.05, 0) is 49.4 Å². The molecular weight excluding hydrogens is 200 g/mol. The number of carbonyl (C=O) groups excluding carboxylic acids is 1. The third-order valence-corrected chi connectivity index (χ3v) is 3.99. The van der Waals surface area contributed by atoms with Gasteiger partial charge in [0.05, 0.1) is 6.04 Å². The first-order valence-corrected chi connectivity index (χ1v) is 6.63. The summed E-state index contributed by atoms with van der Waals surface area (Å²) in [6.45, 7) is 4.83. The lowest BCUT2D eigenvalue weighted by atomic mass is 9.97. The number of carbonyl (C=O) groups is 1. The van der Waals surface area contributed by atoms with Crippen LogP contribution in [0.15, 0.2) is 0 Å². The molecule has 2 aliphatic carbocycles. The zero-order valence-corrected chi connectivity index (χ0v) is 10.4. The normalized spacial score (nSPS) is 22.6. The van der Waals surface area contributed by atoms with Crippen molar-refractivity contribution in [1.82, 2.24) is 5.32 Å². The van der Waals surface area contributed by atoms with Gasteiger partial charge in [-0.15, -0.1) is 0 Å². The molecule has 16 heavy (non-hydrogen) atoms. The van der Waals surface area contributed by atoms with Crippen LogP contribution in [0.1, 0.15) is 39.5 Å². The van der Waals surface area contributed by atoms with E-state index in [2.05, 4.69) is 5.32 Å². The summed E-state index contributed by atoms with van der Waals surface area (Å²) in [6, 6.07) is -0.348. The Morgan fingerprint density at radius 2 is 1.75 bits per heavy atom. The van der Waals surface area contributed by atoms with Gasteiger partial charge in [0.2, 0.25) is 5.91 Å². The predicted octanol–water partition coefficient (Wildman–Crippen LogP) is 1.52. The van der Waals surface area contributed by atoms with Crippen molar-refractivity contribution in [3.63, 3.8) is 0 Å². The molecule has 2 aliphatic rings. The minimum Gasteiger partial charge on any atom is -0.354 e. The summed E-state index contributed by atoms with van der Waals surface area (Å²) in [4.78, 5) is 11.7. The van der Waals surface area contributed by atoms with Crippen LogP contribution in [0, 0.1) is 23.7 Å². The molecule has 0 aromatic rings. The molecule has 2 rings (SSSR count). The lowest BCUT2D eigenvalue weighted by Crippen LogP contribution is -2.45. The molecule has 3 heteroatoms. The highest BCUT2D eigenvalue weighted by Crippen LogP contribution is 2.48. The standard InChI is InChI=1S/C13H24N2O/c1-8(2)12(14)13(16)15-7-11(9-3-4-9)10-5-6-10/h8-12H,3-7,14H2,1-2H3,(H,15,16). The van der Waals surface area contributed by atoms with Gasteiger partial charge < -0.3 is 11.1 Å². The van der Waals surface area contributed by atoms with Crippen LogP contribution >= 0.6 is 0 Å². The second-order valence-corrected chi connectivity index (χ2v) is 5.85. The first kappa shape index (κ1) is 11.9. The van der Waals surface area contributed by atoms with E-state index in [9.17, 15) is 4.79 Å². The maximum absolute atomic E-state index is 11.7. The van der Waals surface area contributed by atoms with Crippen LogP contribution in [0.2, 0.25) is 0 Å². The zero-order chi connectivity index (χ0) is 11.7. The van der Waals surface area contributed by atoms with Crippen molar-refractivity contribution in [2.75, 3.05) is 6.54 Å². The monoisotopic (exact) mass is 224 g/mol. The Hall–Kier alpha value is -0.570. The van der Waals surface area contributed by atoms with E-state index in [1.807, 2.05) is 13.8 Å². The molecule has 0 bridgehead atoms. The van der Waals surface area contributed by atoms with E-state index in [-0.39, 0.29) is 17.9 Å². The molecule has 0 aromatic heterocycles. The molecule has 2 saturated carbocycles. The van der Waals surface area contributed by atoms with Gasteiger partial charge in [0, 0.05) is 6.54 Å². The minimum atomic E-state index is -0.348. The Labute approximate surface area is 98.2 Å². The van der Waals surface area contributed by atoms with Gasteiger partial charge in [0.15, 0.2) is 0 Å². The average molecular weight is 224 g/mol. The van der Waals surface area contributed by atoms with Crippen LogP contribution in [0.3, 0.4) is 0 Å². The molecule has 0 aliphatic heterocycles. The summed E-state index contributed by atoms with van der Waals surface area (Å²) in [5, 5.41) is 3.04. The fourth-order valence-corrected chi connectivity index (χ4v) is 2.41.